The molecule has 2 rings (SSSR count). The highest BCUT2D eigenvalue weighted by molar-refractivity contribution is 9.10. The van der Waals surface area contributed by atoms with E-state index in [4.69, 9.17) is 5.11 Å². The van der Waals surface area contributed by atoms with E-state index >= 15 is 0 Å². The molecule has 0 bridgehead atoms. The number of phenols is 1. The van der Waals surface area contributed by atoms with Gasteiger partial charge in [-0.15, -0.1) is 11.3 Å². The van der Waals surface area contributed by atoms with Crippen molar-refractivity contribution >= 4 is 39.1 Å². The number of carbonyl (C=O) groups is 2. The predicted octanol–water partition coefficient (Wildman–Crippen LogP) is 2.98. The summed E-state index contributed by atoms with van der Waals surface area (Å²) in [4.78, 5) is 23.1. The van der Waals surface area contributed by atoms with Gasteiger partial charge in [-0.3, -0.25) is 4.79 Å². The SMILES string of the molecule is O=C(NCc1ccc(F)c(O)c1)c1cc(Br)c(C(=O)O)s1. The fourth-order valence-corrected chi connectivity index (χ4v) is 3.16. The topological polar surface area (TPSA) is 86.6 Å². The zero-order chi connectivity index (χ0) is 15.6. The summed E-state index contributed by atoms with van der Waals surface area (Å²) in [6.45, 7) is 0.0879. The van der Waals surface area contributed by atoms with Crippen LogP contribution in [0.15, 0.2) is 28.7 Å². The van der Waals surface area contributed by atoms with Gasteiger partial charge in [0, 0.05) is 11.0 Å². The number of hydrogen-bond donors (Lipinski definition) is 3. The van der Waals surface area contributed by atoms with E-state index in [2.05, 4.69) is 21.2 Å². The van der Waals surface area contributed by atoms with Crippen LogP contribution in [0.25, 0.3) is 0 Å². The molecule has 0 unspecified atom stereocenters. The molecule has 1 amide bonds. The molecule has 1 heterocycles. The number of thiophene rings is 1. The highest BCUT2D eigenvalue weighted by Gasteiger charge is 2.17. The number of phenolic OH excluding ortho intramolecular Hbond substituents is 1. The molecule has 2 aromatic rings. The molecule has 0 fully saturated rings. The van der Waals surface area contributed by atoms with Gasteiger partial charge in [-0.1, -0.05) is 6.07 Å². The van der Waals surface area contributed by atoms with Crippen molar-refractivity contribution in [2.75, 3.05) is 0 Å². The third-order valence-corrected chi connectivity index (χ3v) is 4.58. The van der Waals surface area contributed by atoms with Gasteiger partial charge in [0.05, 0.1) is 4.88 Å². The molecule has 0 aliphatic rings. The molecular weight excluding hydrogens is 365 g/mol. The molecular formula is C13H9BrFNO4S. The van der Waals surface area contributed by atoms with Gasteiger partial charge in [0.2, 0.25) is 0 Å². The molecule has 0 saturated heterocycles. The van der Waals surface area contributed by atoms with E-state index in [1.165, 1.54) is 18.2 Å². The Bertz CT molecular complexity index is 716. The van der Waals surface area contributed by atoms with Gasteiger partial charge >= 0.3 is 5.97 Å². The third-order valence-electron chi connectivity index (χ3n) is 2.57. The van der Waals surface area contributed by atoms with Crippen molar-refractivity contribution < 1.29 is 24.2 Å². The lowest BCUT2D eigenvalue weighted by atomic mass is 10.2. The van der Waals surface area contributed by atoms with Crippen LogP contribution in [0.4, 0.5) is 4.39 Å². The minimum atomic E-state index is -1.12. The maximum Gasteiger partial charge on any atom is 0.347 e. The zero-order valence-corrected chi connectivity index (χ0v) is 12.8. The van der Waals surface area contributed by atoms with Gasteiger partial charge in [0.1, 0.15) is 4.88 Å². The molecule has 8 heteroatoms. The first-order valence-electron chi connectivity index (χ1n) is 5.66. The molecule has 1 aromatic heterocycles. The molecule has 0 aliphatic heterocycles. The van der Waals surface area contributed by atoms with Crippen LogP contribution >= 0.6 is 27.3 Å². The van der Waals surface area contributed by atoms with E-state index < -0.39 is 23.4 Å². The van der Waals surface area contributed by atoms with Crippen molar-refractivity contribution in [3.63, 3.8) is 0 Å². The second-order valence-corrected chi connectivity index (χ2v) is 5.97. The Labute approximate surface area is 131 Å². The normalized spacial score (nSPS) is 10.4. The van der Waals surface area contributed by atoms with Gasteiger partial charge in [-0.05, 0) is 39.7 Å². The van der Waals surface area contributed by atoms with Crippen molar-refractivity contribution in [1.82, 2.24) is 5.32 Å². The summed E-state index contributed by atoms with van der Waals surface area (Å²) in [6.07, 6.45) is 0. The summed E-state index contributed by atoms with van der Waals surface area (Å²) < 4.78 is 13.2. The summed E-state index contributed by atoms with van der Waals surface area (Å²) in [5.41, 5.74) is 0.524. The lowest BCUT2D eigenvalue weighted by Gasteiger charge is -2.04. The van der Waals surface area contributed by atoms with E-state index in [9.17, 15) is 19.1 Å². The average Bonchev–Trinajstić information content (AvgIpc) is 2.82. The number of rotatable bonds is 4. The summed E-state index contributed by atoms with van der Waals surface area (Å²) in [6, 6.07) is 5.16. The smallest absolute Gasteiger partial charge is 0.347 e. The second-order valence-electron chi connectivity index (χ2n) is 4.06. The number of carboxylic acids is 1. The summed E-state index contributed by atoms with van der Waals surface area (Å²) in [7, 11) is 0. The first-order valence-corrected chi connectivity index (χ1v) is 7.27. The van der Waals surface area contributed by atoms with Crippen molar-refractivity contribution in [1.29, 1.82) is 0 Å². The van der Waals surface area contributed by atoms with Crippen LogP contribution in [-0.2, 0) is 6.54 Å². The number of halogens is 2. The monoisotopic (exact) mass is 373 g/mol. The number of carbonyl (C=O) groups excluding carboxylic acids is 1. The maximum absolute atomic E-state index is 12.9. The van der Waals surface area contributed by atoms with E-state index in [1.807, 2.05) is 0 Å². The molecule has 21 heavy (non-hydrogen) atoms. The van der Waals surface area contributed by atoms with Crippen LogP contribution in [0.1, 0.15) is 24.9 Å². The van der Waals surface area contributed by atoms with Gasteiger partial charge in [-0.2, -0.15) is 0 Å². The Kier molecular flexibility index (Phi) is 4.59. The molecule has 110 valence electrons. The molecule has 0 atom stereocenters. The van der Waals surface area contributed by atoms with Crippen molar-refractivity contribution in [3.8, 4) is 5.75 Å². The molecule has 3 N–H and O–H groups in total. The van der Waals surface area contributed by atoms with Gasteiger partial charge in [-0.25, -0.2) is 9.18 Å². The van der Waals surface area contributed by atoms with Crippen LogP contribution in [0, 0.1) is 5.82 Å². The van der Waals surface area contributed by atoms with Crippen molar-refractivity contribution in [3.05, 3.63) is 49.9 Å². The Morgan fingerprint density at radius 2 is 2.05 bits per heavy atom. The minimum absolute atomic E-state index is 0.0413. The number of hydrogen-bond acceptors (Lipinski definition) is 4. The molecule has 0 spiro atoms. The highest BCUT2D eigenvalue weighted by Crippen LogP contribution is 2.27. The molecule has 5 nitrogen and oxygen atoms in total. The van der Waals surface area contributed by atoms with Crippen LogP contribution in [0.3, 0.4) is 0 Å². The van der Waals surface area contributed by atoms with Crippen LogP contribution < -0.4 is 5.32 Å². The van der Waals surface area contributed by atoms with Crippen molar-refractivity contribution in [2.24, 2.45) is 0 Å². The van der Waals surface area contributed by atoms with Gasteiger partial charge in [0.15, 0.2) is 11.6 Å². The lowest BCUT2D eigenvalue weighted by Crippen LogP contribution is -2.21. The highest BCUT2D eigenvalue weighted by atomic mass is 79.9. The number of amides is 1. The molecule has 0 radical (unpaired) electrons. The summed E-state index contributed by atoms with van der Waals surface area (Å²) >= 11 is 3.92. The lowest BCUT2D eigenvalue weighted by molar-refractivity contribution is 0.0701. The standard InChI is InChI=1S/C13H9BrFNO4S/c14-7-4-10(21-11(7)13(19)20)12(18)16-5-6-1-2-8(15)9(17)3-6/h1-4,17H,5H2,(H,16,18)(H,19,20). The van der Waals surface area contributed by atoms with E-state index in [0.717, 1.165) is 17.4 Å². The average molecular weight is 374 g/mol. The fraction of sp³-hybridized carbons (Fsp3) is 0.0769. The second kappa shape index (κ2) is 6.23. The predicted molar refractivity (Wildman–Crippen MR) is 78.2 cm³/mol. The summed E-state index contributed by atoms with van der Waals surface area (Å²) in [5.74, 6) is -2.79. The van der Waals surface area contributed by atoms with E-state index in [1.54, 1.807) is 0 Å². The minimum Gasteiger partial charge on any atom is -0.505 e. The summed E-state index contributed by atoms with van der Waals surface area (Å²) in [5, 5.41) is 20.7. The van der Waals surface area contributed by atoms with Gasteiger partial charge < -0.3 is 15.5 Å². The van der Waals surface area contributed by atoms with Crippen LogP contribution in [-0.4, -0.2) is 22.1 Å². The third kappa shape index (κ3) is 3.59. The maximum atomic E-state index is 12.9. The number of carboxylic acid groups (broad SMARTS) is 1. The van der Waals surface area contributed by atoms with E-state index in [-0.39, 0.29) is 16.3 Å². The number of aromatic carboxylic acids is 1. The van der Waals surface area contributed by atoms with Gasteiger partial charge in [0.25, 0.3) is 5.91 Å². The van der Waals surface area contributed by atoms with Crippen LogP contribution in [0.2, 0.25) is 0 Å². The van der Waals surface area contributed by atoms with Crippen LogP contribution in [0.5, 0.6) is 5.75 Å². The number of nitrogens with one attached hydrogen (secondary N) is 1. The quantitative estimate of drug-likeness (QED) is 0.768. The largest absolute Gasteiger partial charge is 0.505 e. The Balaban J connectivity index is 2.06. The molecule has 0 aliphatic carbocycles. The fourth-order valence-electron chi connectivity index (χ4n) is 1.56. The number of benzene rings is 1. The molecule has 1 aromatic carbocycles. The Morgan fingerprint density at radius 1 is 1.33 bits per heavy atom. The van der Waals surface area contributed by atoms with E-state index in [0.29, 0.717) is 10.0 Å². The Hall–Kier alpha value is -1.93. The Morgan fingerprint density at radius 3 is 2.62 bits per heavy atom. The van der Waals surface area contributed by atoms with Crippen molar-refractivity contribution in [2.45, 2.75) is 6.54 Å². The zero-order valence-electron chi connectivity index (χ0n) is 10.4. The first-order chi connectivity index (χ1) is 9.88. The number of aromatic hydroxyl groups is 1. The first kappa shape index (κ1) is 15.5. The molecule has 0 saturated carbocycles.